The van der Waals surface area contributed by atoms with Crippen molar-refractivity contribution >= 4 is 6.03 Å². The van der Waals surface area contributed by atoms with Crippen molar-refractivity contribution in [3.8, 4) is 0 Å². The Hall–Kier alpha value is -1.07. The number of amides is 2. The summed E-state index contributed by atoms with van der Waals surface area (Å²) in [5.41, 5.74) is 0.768. The monoisotopic (exact) mass is 270 g/mol. The van der Waals surface area contributed by atoms with Crippen LogP contribution in [0.3, 0.4) is 0 Å². The summed E-state index contributed by atoms with van der Waals surface area (Å²) >= 11 is 0. The largest absolute Gasteiger partial charge is 0.375 e. The molecule has 1 rings (SSSR count). The van der Waals surface area contributed by atoms with Gasteiger partial charge < -0.3 is 19.7 Å². The quantitative estimate of drug-likeness (QED) is 0.591. The van der Waals surface area contributed by atoms with Crippen LogP contribution in [0.2, 0.25) is 0 Å². The van der Waals surface area contributed by atoms with E-state index in [9.17, 15) is 4.79 Å². The third-order valence-electron chi connectivity index (χ3n) is 3.24. The van der Waals surface area contributed by atoms with Crippen LogP contribution in [0.5, 0.6) is 0 Å². The van der Waals surface area contributed by atoms with E-state index in [1.807, 2.05) is 18.7 Å². The third-order valence-corrected chi connectivity index (χ3v) is 3.24. The van der Waals surface area contributed by atoms with Gasteiger partial charge in [-0.1, -0.05) is 19.1 Å². The molecule has 5 nitrogen and oxygen atoms in total. The standard InChI is InChI=1S/C14H26N2O3/c1-5-14(4)11-16(7-9-19-14)13(17)15-6-8-18-10-12(2)3/h2,5-11H2,1,3-4H3,(H,15,17)/t14-/m1/s1. The van der Waals surface area contributed by atoms with Crippen molar-refractivity contribution in [3.05, 3.63) is 12.2 Å². The van der Waals surface area contributed by atoms with E-state index in [0.717, 1.165) is 12.0 Å². The highest BCUT2D eigenvalue weighted by molar-refractivity contribution is 5.74. The van der Waals surface area contributed by atoms with Crippen molar-refractivity contribution in [1.82, 2.24) is 10.2 Å². The molecule has 1 heterocycles. The summed E-state index contributed by atoms with van der Waals surface area (Å²) in [7, 11) is 0. The van der Waals surface area contributed by atoms with E-state index in [0.29, 0.717) is 39.5 Å². The topological polar surface area (TPSA) is 50.8 Å². The highest BCUT2D eigenvalue weighted by Crippen LogP contribution is 2.20. The van der Waals surface area contributed by atoms with Gasteiger partial charge in [0.1, 0.15) is 0 Å². The predicted molar refractivity (Wildman–Crippen MR) is 75.3 cm³/mol. The molecule has 2 amide bonds. The van der Waals surface area contributed by atoms with Crippen LogP contribution in [-0.4, -0.2) is 56.0 Å². The van der Waals surface area contributed by atoms with Crippen LogP contribution in [0.1, 0.15) is 27.2 Å². The molecule has 1 saturated heterocycles. The lowest BCUT2D eigenvalue weighted by Gasteiger charge is -2.39. The Morgan fingerprint density at radius 2 is 2.32 bits per heavy atom. The number of morpholine rings is 1. The smallest absolute Gasteiger partial charge is 0.317 e. The lowest BCUT2D eigenvalue weighted by molar-refractivity contribution is -0.0873. The Kier molecular flexibility index (Phi) is 6.31. The Labute approximate surface area is 115 Å². The summed E-state index contributed by atoms with van der Waals surface area (Å²) in [6.07, 6.45) is 0.901. The van der Waals surface area contributed by atoms with Crippen LogP contribution in [0.4, 0.5) is 4.79 Å². The van der Waals surface area contributed by atoms with Gasteiger partial charge in [-0.3, -0.25) is 0 Å². The minimum Gasteiger partial charge on any atom is -0.375 e. The summed E-state index contributed by atoms with van der Waals surface area (Å²) in [4.78, 5) is 13.8. The number of urea groups is 1. The number of nitrogens with zero attached hydrogens (tertiary/aromatic N) is 1. The van der Waals surface area contributed by atoms with E-state index in [1.54, 1.807) is 0 Å². The molecule has 19 heavy (non-hydrogen) atoms. The van der Waals surface area contributed by atoms with Gasteiger partial charge in [0.25, 0.3) is 0 Å². The molecule has 1 aliphatic heterocycles. The molecular formula is C14H26N2O3. The molecule has 0 spiro atoms. The minimum absolute atomic E-state index is 0.0399. The van der Waals surface area contributed by atoms with Crippen molar-refractivity contribution in [2.45, 2.75) is 32.8 Å². The molecule has 0 bridgehead atoms. The van der Waals surface area contributed by atoms with Crippen molar-refractivity contribution < 1.29 is 14.3 Å². The molecule has 1 aliphatic rings. The molecule has 1 fully saturated rings. The molecule has 5 heteroatoms. The van der Waals surface area contributed by atoms with Crippen LogP contribution in [-0.2, 0) is 9.47 Å². The average molecular weight is 270 g/mol. The molecule has 0 aromatic heterocycles. The first-order chi connectivity index (χ1) is 8.97. The highest BCUT2D eigenvalue weighted by Gasteiger charge is 2.32. The fourth-order valence-electron chi connectivity index (χ4n) is 1.91. The van der Waals surface area contributed by atoms with Crippen molar-refractivity contribution in [3.63, 3.8) is 0 Å². The number of nitrogens with one attached hydrogen (secondary N) is 1. The van der Waals surface area contributed by atoms with Crippen LogP contribution in [0.25, 0.3) is 0 Å². The normalized spacial score (nSPS) is 23.2. The molecular weight excluding hydrogens is 244 g/mol. The SMILES string of the molecule is C=C(C)COCCNC(=O)N1CCO[C@](C)(CC)C1. The molecule has 110 valence electrons. The summed E-state index contributed by atoms with van der Waals surface area (Å²) in [5, 5.41) is 2.86. The summed E-state index contributed by atoms with van der Waals surface area (Å²) in [5.74, 6) is 0. The highest BCUT2D eigenvalue weighted by atomic mass is 16.5. The van der Waals surface area contributed by atoms with E-state index in [4.69, 9.17) is 9.47 Å². The number of rotatable bonds is 6. The van der Waals surface area contributed by atoms with Crippen LogP contribution in [0.15, 0.2) is 12.2 Å². The van der Waals surface area contributed by atoms with Gasteiger partial charge in [-0.25, -0.2) is 4.79 Å². The van der Waals surface area contributed by atoms with Gasteiger partial charge in [0.2, 0.25) is 0 Å². The van der Waals surface area contributed by atoms with E-state index < -0.39 is 0 Å². The zero-order chi connectivity index (χ0) is 14.3. The predicted octanol–water partition coefficient (Wildman–Crippen LogP) is 1.79. The Balaban J connectivity index is 2.24. The molecule has 0 saturated carbocycles. The number of ether oxygens (including phenoxy) is 2. The van der Waals surface area contributed by atoms with Crippen molar-refractivity contribution in [1.29, 1.82) is 0 Å². The number of hydrogen-bond donors (Lipinski definition) is 1. The maximum Gasteiger partial charge on any atom is 0.317 e. The number of carbonyl (C=O) groups is 1. The molecule has 0 unspecified atom stereocenters. The van der Waals surface area contributed by atoms with Gasteiger partial charge in [0, 0.05) is 13.1 Å². The number of carbonyl (C=O) groups excluding carboxylic acids is 1. The zero-order valence-electron chi connectivity index (χ0n) is 12.3. The maximum absolute atomic E-state index is 12.0. The fourth-order valence-corrected chi connectivity index (χ4v) is 1.91. The average Bonchev–Trinajstić information content (AvgIpc) is 2.38. The summed E-state index contributed by atoms with van der Waals surface area (Å²) < 4.78 is 11.0. The first kappa shape index (κ1) is 16.0. The lowest BCUT2D eigenvalue weighted by Crippen LogP contribution is -2.54. The Bertz CT molecular complexity index is 320. The second-order valence-electron chi connectivity index (χ2n) is 5.32. The van der Waals surface area contributed by atoms with Gasteiger partial charge in [0.05, 0.1) is 32.0 Å². The molecule has 0 aliphatic carbocycles. The molecule has 1 N–H and O–H groups in total. The van der Waals surface area contributed by atoms with Crippen molar-refractivity contribution in [2.75, 3.05) is 39.5 Å². The molecule has 1 atom stereocenters. The Morgan fingerprint density at radius 1 is 1.58 bits per heavy atom. The molecule has 0 aromatic carbocycles. The Morgan fingerprint density at radius 3 is 2.95 bits per heavy atom. The first-order valence-electron chi connectivity index (χ1n) is 6.86. The summed E-state index contributed by atoms with van der Waals surface area (Å²) in [6, 6.07) is -0.0399. The maximum atomic E-state index is 12.0. The van der Waals surface area contributed by atoms with Gasteiger partial charge in [-0.05, 0) is 20.3 Å². The lowest BCUT2D eigenvalue weighted by atomic mass is 10.0. The van der Waals surface area contributed by atoms with Gasteiger partial charge in [-0.2, -0.15) is 0 Å². The van der Waals surface area contributed by atoms with E-state index in [2.05, 4.69) is 18.8 Å². The van der Waals surface area contributed by atoms with Crippen molar-refractivity contribution in [2.24, 2.45) is 0 Å². The fraction of sp³-hybridized carbons (Fsp3) is 0.786. The van der Waals surface area contributed by atoms with Crippen LogP contribution in [0, 0.1) is 0 Å². The van der Waals surface area contributed by atoms with Gasteiger partial charge in [-0.15, -0.1) is 0 Å². The van der Waals surface area contributed by atoms with Crippen LogP contribution >= 0.6 is 0 Å². The molecule has 0 radical (unpaired) electrons. The molecule has 0 aromatic rings. The minimum atomic E-state index is -0.216. The second-order valence-corrected chi connectivity index (χ2v) is 5.32. The number of hydrogen-bond acceptors (Lipinski definition) is 3. The van der Waals surface area contributed by atoms with E-state index in [-0.39, 0.29) is 11.6 Å². The summed E-state index contributed by atoms with van der Waals surface area (Å²) in [6.45, 7) is 13.2. The van der Waals surface area contributed by atoms with Crippen LogP contribution < -0.4 is 5.32 Å². The van der Waals surface area contributed by atoms with E-state index >= 15 is 0 Å². The van der Waals surface area contributed by atoms with Gasteiger partial charge >= 0.3 is 6.03 Å². The van der Waals surface area contributed by atoms with E-state index in [1.165, 1.54) is 0 Å². The van der Waals surface area contributed by atoms with Gasteiger partial charge in [0.15, 0.2) is 0 Å². The third kappa shape index (κ3) is 5.61. The zero-order valence-corrected chi connectivity index (χ0v) is 12.3. The first-order valence-corrected chi connectivity index (χ1v) is 6.86. The second kappa shape index (κ2) is 7.50.